The molecule has 144 valence electrons. The Labute approximate surface area is 157 Å². The molecule has 0 aliphatic heterocycles. The smallest absolute Gasteiger partial charge is 0.382 e. The molecule has 0 spiro atoms. The zero-order chi connectivity index (χ0) is 20.0. The summed E-state index contributed by atoms with van der Waals surface area (Å²) in [6.07, 6.45) is 6.15. The van der Waals surface area contributed by atoms with E-state index in [0.29, 0.717) is 17.7 Å². The van der Waals surface area contributed by atoms with Gasteiger partial charge in [0.05, 0.1) is 5.39 Å². The summed E-state index contributed by atoms with van der Waals surface area (Å²) < 4.78 is 15.7. The minimum atomic E-state index is -0.981. The first-order valence-corrected chi connectivity index (χ1v) is 8.68. The number of hydrogen-bond donors (Lipinski definition) is 1. The van der Waals surface area contributed by atoms with Crippen molar-refractivity contribution in [1.29, 1.82) is 0 Å². The second-order valence-electron chi connectivity index (χ2n) is 6.50. The number of allylic oxidation sites excluding steroid dienone is 3. The number of aromatic hydroxyl groups is 1. The Balaban J connectivity index is 2.15. The molecule has 27 heavy (non-hydrogen) atoms. The van der Waals surface area contributed by atoms with Gasteiger partial charge < -0.3 is 19.0 Å². The van der Waals surface area contributed by atoms with Crippen LogP contribution in [0.3, 0.4) is 0 Å². The Morgan fingerprint density at radius 2 is 1.93 bits per heavy atom. The highest BCUT2D eigenvalue weighted by Crippen LogP contribution is 2.33. The zero-order valence-corrected chi connectivity index (χ0v) is 16.0. The van der Waals surface area contributed by atoms with Crippen molar-refractivity contribution in [2.24, 2.45) is 0 Å². The Hall–Kier alpha value is -3.02. The maximum atomic E-state index is 11.7. The quantitative estimate of drug-likeness (QED) is 0.438. The minimum absolute atomic E-state index is 0.163. The second-order valence-corrected chi connectivity index (χ2v) is 6.50. The molecule has 0 bridgehead atoms. The predicted molar refractivity (Wildman–Crippen MR) is 103 cm³/mol. The first kappa shape index (κ1) is 20.3. The normalized spacial score (nSPS) is 11.3. The lowest BCUT2D eigenvalue weighted by molar-refractivity contribution is -0.131. The molecule has 0 unspecified atom stereocenters. The van der Waals surface area contributed by atoms with Crippen LogP contribution in [-0.4, -0.2) is 17.7 Å². The summed E-state index contributed by atoms with van der Waals surface area (Å²) in [6, 6.07) is 4.74. The van der Waals surface area contributed by atoms with Crippen LogP contribution in [0.5, 0.6) is 17.2 Å². The van der Waals surface area contributed by atoms with Gasteiger partial charge in [-0.1, -0.05) is 17.2 Å². The Bertz CT molecular complexity index is 945. The average Bonchev–Trinajstić information content (AvgIpc) is 2.58. The fraction of sp³-hybridized carbons (Fsp3) is 0.333. The fourth-order valence-electron chi connectivity index (χ4n) is 2.45. The van der Waals surface area contributed by atoms with Crippen LogP contribution >= 0.6 is 0 Å². The van der Waals surface area contributed by atoms with E-state index in [9.17, 15) is 14.7 Å². The molecule has 0 atom stereocenters. The van der Waals surface area contributed by atoms with Crippen LogP contribution in [0.4, 0.5) is 0 Å². The number of fused-ring (bicyclic) bond motifs is 1. The van der Waals surface area contributed by atoms with Crippen molar-refractivity contribution in [2.75, 3.05) is 6.61 Å². The van der Waals surface area contributed by atoms with Crippen LogP contribution in [0, 0.1) is 0 Å². The molecule has 0 saturated carbocycles. The van der Waals surface area contributed by atoms with Crippen LogP contribution in [0.2, 0.25) is 0 Å². The van der Waals surface area contributed by atoms with Gasteiger partial charge in [-0.05, 0) is 51.8 Å². The molecule has 0 aliphatic rings. The molecule has 2 rings (SSSR count). The lowest BCUT2D eigenvalue weighted by atomic mass is 10.1. The van der Waals surface area contributed by atoms with Crippen molar-refractivity contribution >= 4 is 16.9 Å². The molecule has 1 aromatic heterocycles. The van der Waals surface area contributed by atoms with Crippen molar-refractivity contribution in [2.45, 2.75) is 40.5 Å². The topological polar surface area (TPSA) is 86.0 Å². The lowest BCUT2D eigenvalue weighted by Crippen LogP contribution is -2.07. The highest BCUT2D eigenvalue weighted by molar-refractivity contribution is 5.89. The highest BCUT2D eigenvalue weighted by atomic mass is 16.5. The predicted octanol–water partition coefficient (Wildman–Crippen LogP) is 4.50. The van der Waals surface area contributed by atoms with Crippen molar-refractivity contribution in [3.05, 3.63) is 51.9 Å². The third-order valence-electron chi connectivity index (χ3n) is 3.83. The van der Waals surface area contributed by atoms with Crippen molar-refractivity contribution in [3.63, 3.8) is 0 Å². The molecule has 2 aromatic rings. The summed E-state index contributed by atoms with van der Waals surface area (Å²) in [5.74, 6) is -1.10. The van der Waals surface area contributed by atoms with Crippen LogP contribution < -0.4 is 15.1 Å². The number of esters is 1. The first-order chi connectivity index (χ1) is 12.8. The second kappa shape index (κ2) is 9.07. The van der Waals surface area contributed by atoms with Gasteiger partial charge in [-0.3, -0.25) is 4.79 Å². The number of carbonyl (C=O) groups is 1. The summed E-state index contributed by atoms with van der Waals surface area (Å²) in [5.41, 5.74) is 1.71. The van der Waals surface area contributed by atoms with E-state index < -0.39 is 17.3 Å². The summed E-state index contributed by atoms with van der Waals surface area (Å²) in [6.45, 7) is 7.77. The first-order valence-electron chi connectivity index (χ1n) is 8.68. The van der Waals surface area contributed by atoms with Crippen LogP contribution in [0.15, 0.2) is 50.7 Å². The third kappa shape index (κ3) is 5.74. The van der Waals surface area contributed by atoms with Crippen LogP contribution in [0.1, 0.15) is 40.5 Å². The molecule has 6 heteroatoms. The van der Waals surface area contributed by atoms with Gasteiger partial charge in [0.1, 0.15) is 17.9 Å². The van der Waals surface area contributed by atoms with Gasteiger partial charge in [0.15, 0.2) is 5.75 Å². The Kier molecular flexibility index (Phi) is 6.82. The van der Waals surface area contributed by atoms with E-state index >= 15 is 0 Å². The van der Waals surface area contributed by atoms with E-state index in [1.54, 1.807) is 12.1 Å². The standard InChI is InChI=1S/C21H24O6/c1-13(2)6-5-7-14(3)10-11-25-16-8-9-17-18(12-16)27-21(24)19(23)20(17)26-15(4)22/h6,8-10,12,23H,5,7,11H2,1-4H3/b14-10+. The summed E-state index contributed by atoms with van der Waals surface area (Å²) in [7, 11) is 0. The SMILES string of the molecule is CC(=O)Oc1c(O)c(=O)oc2cc(OC/C=C(\C)CCC=C(C)C)ccc12. The molecule has 0 aliphatic carbocycles. The molecule has 1 aromatic carbocycles. The molecule has 6 nitrogen and oxygen atoms in total. The van der Waals surface area contributed by atoms with Gasteiger partial charge in [0, 0.05) is 13.0 Å². The molecular formula is C21H24O6. The summed E-state index contributed by atoms with van der Waals surface area (Å²) in [4.78, 5) is 22.9. The molecule has 1 heterocycles. The number of rotatable bonds is 7. The zero-order valence-electron chi connectivity index (χ0n) is 16.0. The van der Waals surface area contributed by atoms with E-state index in [-0.39, 0.29) is 11.3 Å². The third-order valence-corrected chi connectivity index (χ3v) is 3.83. The molecule has 1 N–H and O–H groups in total. The Morgan fingerprint density at radius 3 is 2.59 bits per heavy atom. The van der Waals surface area contributed by atoms with E-state index in [4.69, 9.17) is 13.9 Å². The van der Waals surface area contributed by atoms with E-state index in [2.05, 4.69) is 26.8 Å². The monoisotopic (exact) mass is 372 g/mol. The number of benzene rings is 1. The van der Waals surface area contributed by atoms with Crippen molar-refractivity contribution in [1.82, 2.24) is 0 Å². The number of hydrogen-bond acceptors (Lipinski definition) is 6. The van der Waals surface area contributed by atoms with Gasteiger partial charge in [-0.25, -0.2) is 4.79 Å². The highest BCUT2D eigenvalue weighted by Gasteiger charge is 2.17. The van der Waals surface area contributed by atoms with E-state index in [1.165, 1.54) is 24.1 Å². The van der Waals surface area contributed by atoms with Crippen LogP contribution in [0.25, 0.3) is 11.0 Å². The average molecular weight is 372 g/mol. The maximum Gasteiger partial charge on any atom is 0.382 e. The summed E-state index contributed by atoms with van der Waals surface area (Å²) >= 11 is 0. The fourth-order valence-corrected chi connectivity index (χ4v) is 2.45. The Morgan fingerprint density at radius 1 is 1.19 bits per heavy atom. The van der Waals surface area contributed by atoms with Gasteiger partial charge in [0.2, 0.25) is 5.75 Å². The van der Waals surface area contributed by atoms with Crippen molar-refractivity contribution in [3.8, 4) is 17.2 Å². The maximum absolute atomic E-state index is 11.7. The number of carbonyl (C=O) groups excluding carboxylic acids is 1. The lowest BCUT2D eigenvalue weighted by Gasteiger charge is -2.09. The van der Waals surface area contributed by atoms with Crippen LogP contribution in [-0.2, 0) is 4.79 Å². The largest absolute Gasteiger partial charge is 0.499 e. The molecule has 0 fully saturated rings. The van der Waals surface area contributed by atoms with Gasteiger partial charge in [-0.2, -0.15) is 0 Å². The summed E-state index contributed by atoms with van der Waals surface area (Å²) in [5, 5.41) is 10.1. The molecular weight excluding hydrogens is 348 g/mol. The van der Waals surface area contributed by atoms with Gasteiger partial charge in [-0.15, -0.1) is 0 Å². The van der Waals surface area contributed by atoms with Crippen molar-refractivity contribution < 1.29 is 23.8 Å². The van der Waals surface area contributed by atoms with E-state index in [0.717, 1.165) is 12.8 Å². The molecule has 0 amide bonds. The minimum Gasteiger partial charge on any atom is -0.499 e. The molecule has 0 radical (unpaired) electrons. The van der Waals surface area contributed by atoms with Gasteiger partial charge in [0.25, 0.3) is 0 Å². The van der Waals surface area contributed by atoms with Gasteiger partial charge >= 0.3 is 11.6 Å². The number of ether oxygens (including phenoxy) is 2. The van der Waals surface area contributed by atoms with E-state index in [1.807, 2.05) is 6.08 Å². The molecule has 0 saturated heterocycles.